The van der Waals surface area contributed by atoms with Crippen molar-refractivity contribution in [3.63, 3.8) is 0 Å². The topological polar surface area (TPSA) is 29.1 Å². The summed E-state index contributed by atoms with van der Waals surface area (Å²) in [7, 11) is 0. The Morgan fingerprint density at radius 1 is 1.29 bits per heavy atom. The molecule has 78 valence electrons. The van der Waals surface area contributed by atoms with E-state index in [1.807, 2.05) is 44.2 Å². The highest BCUT2D eigenvalue weighted by Gasteiger charge is 2.23. The minimum Gasteiger partial charge on any atom is -0.349 e. The summed E-state index contributed by atoms with van der Waals surface area (Å²) in [5, 5.41) is 2.93. The van der Waals surface area contributed by atoms with Gasteiger partial charge in [0.1, 0.15) is 0 Å². The van der Waals surface area contributed by atoms with Crippen molar-refractivity contribution in [3.05, 3.63) is 35.9 Å². The van der Waals surface area contributed by atoms with E-state index < -0.39 is 0 Å². The van der Waals surface area contributed by atoms with Gasteiger partial charge in [0.25, 0.3) is 5.91 Å². The van der Waals surface area contributed by atoms with Gasteiger partial charge in [-0.2, -0.15) is 0 Å². The Hall–Kier alpha value is -1.31. The summed E-state index contributed by atoms with van der Waals surface area (Å²) < 4.78 is 0. The van der Waals surface area contributed by atoms with Crippen molar-refractivity contribution in [2.45, 2.75) is 32.7 Å². The third-order valence-corrected chi connectivity index (χ3v) is 1.95. The van der Waals surface area contributed by atoms with Gasteiger partial charge in [-0.15, -0.1) is 0 Å². The second-order valence-corrected chi connectivity index (χ2v) is 3.11. The molecule has 0 bridgehead atoms. The van der Waals surface area contributed by atoms with Crippen LogP contribution >= 0.6 is 0 Å². The van der Waals surface area contributed by atoms with Gasteiger partial charge in [0.05, 0.1) is 0 Å². The number of hydrogen-bond acceptors (Lipinski definition) is 1. The molecule has 1 aromatic rings. The maximum Gasteiger partial charge on any atom is 0.251 e. The first-order valence-electron chi connectivity index (χ1n) is 5.22. The highest BCUT2D eigenvalue weighted by Crippen LogP contribution is 2.19. The minimum atomic E-state index is 0. The third-order valence-electron chi connectivity index (χ3n) is 1.95. The van der Waals surface area contributed by atoms with Crippen molar-refractivity contribution in [2.24, 2.45) is 0 Å². The second kappa shape index (κ2) is 5.43. The Morgan fingerprint density at radius 2 is 1.86 bits per heavy atom. The first-order chi connectivity index (χ1) is 6.86. The molecule has 1 fully saturated rings. The summed E-state index contributed by atoms with van der Waals surface area (Å²) in [6.07, 6.45) is 2.27. The number of amides is 1. The van der Waals surface area contributed by atoms with Gasteiger partial charge < -0.3 is 5.32 Å². The molecule has 14 heavy (non-hydrogen) atoms. The second-order valence-electron chi connectivity index (χ2n) is 3.11. The molecule has 0 radical (unpaired) electrons. The summed E-state index contributed by atoms with van der Waals surface area (Å²) in [6, 6.07) is 9.77. The van der Waals surface area contributed by atoms with Crippen LogP contribution in [0.1, 0.15) is 38.5 Å². The summed E-state index contributed by atoms with van der Waals surface area (Å²) >= 11 is 0. The Bertz CT molecular complexity index is 283. The van der Waals surface area contributed by atoms with E-state index >= 15 is 0 Å². The van der Waals surface area contributed by atoms with Gasteiger partial charge in [-0.05, 0) is 25.0 Å². The zero-order chi connectivity index (χ0) is 10.4. The Morgan fingerprint density at radius 3 is 2.36 bits per heavy atom. The van der Waals surface area contributed by atoms with Crippen LogP contribution in [-0.4, -0.2) is 11.9 Å². The zero-order valence-corrected chi connectivity index (χ0v) is 8.79. The van der Waals surface area contributed by atoms with Gasteiger partial charge in [-0.1, -0.05) is 32.0 Å². The predicted molar refractivity (Wildman–Crippen MR) is 60.4 cm³/mol. The first-order valence-corrected chi connectivity index (χ1v) is 5.22. The van der Waals surface area contributed by atoms with Gasteiger partial charge in [-0.25, -0.2) is 0 Å². The fourth-order valence-corrected chi connectivity index (χ4v) is 1.09. The summed E-state index contributed by atoms with van der Waals surface area (Å²) in [4.78, 5) is 11.4. The van der Waals surface area contributed by atoms with Crippen LogP contribution in [-0.2, 0) is 0 Å². The molecule has 0 spiro atoms. The van der Waals surface area contributed by atoms with Gasteiger partial charge in [-0.3, -0.25) is 4.79 Å². The normalized spacial score (nSPS) is 13.9. The number of benzene rings is 1. The number of rotatable bonds is 2. The van der Waals surface area contributed by atoms with Crippen LogP contribution in [0.4, 0.5) is 0 Å². The van der Waals surface area contributed by atoms with Gasteiger partial charge in [0, 0.05) is 13.0 Å². The van der Waals surface area contributed by atoms with Crippen LogP contribution in [0.2, 0.25) is 0 Å². The fourth-order valence-electron chi connectivity index (χ4n) is 1.09. The van der Waals surface area contributed by atoms with E-state index in [1.54, 1.807) is 0 Å². The van der Waals surface area contributed by atoms with Crippen LogP contribution in [0.5, 0.6) is 0 Å². The number of carbonyl (C=O) groups excluding carboxylic acids is 1. The average Bonchev–Trinajstić information content (AvgIpc) is 3.06. The van der Waals surface area contributed by atoms with Gasteiger partial charge in [0.15, 0.2) is 0 Å². The van der Waals surface area contributed by atoms with E-state index in [4.69, 9.17) is 0 Å². The molecule has 1 N–H and O–H groups in total. The van der Waals surface area contributed by atoms with Gasteiger partial charge in [0.2, 0.25) is 0 Å². The summed E-state index contributed by atoms with van der Waals surface area (Å²) in [5.74, 6) is 0.0538. The quantitative estimate of drug-likeness (QED) is 0.768. The van der Waals surface area contributed by atoms with E-state index in [-0.39, 0.29) is 7.33 Å². The highest BCUT2D eigenvalue weighted by molar-refractivity contribution is 5.94. The monoisotopic (exact) mass is 193 g/mol. The van der Waals surface area contributed by atoms with E-state index in [0.29, 0.717) is 6.04 Å². The van der Waals surface area contributed by atoms with Crippen molar-refractivity contribution in [1.82, 2.24) is 5.32 Å². The minimum absolute atomic E-state index is 0. The van der Waals surface area contributed by atoms with E-state index in [0.717, 1.165) is 18.4 Å². The molecule has 2 rings (SSSR count). The largest absolute Gasteiger partial charge is 0.349 e. The lowest BCUT2D eigenvalue weighted by Gasteiger charge is -2.01. The lowest BCUT2D eigenvalue weighted by atomic mass is 10.2. The van der Waals surface area contributed by atoms with Crippen molar-refractivity contribution < 1.29 is 6.22 Å². The molecule has 0 heterocycles. The number of nitrogens with one attached hydrogen (secondary N) is 1. The van der Waals surface area contributed by atoms with E-state index in [2.05, 4.69) is 5.32 Å². The smallest absolute Gasteiger partial charge is 0.251 e. The van der Waals surface area contributed by atoms with E-state index in [1.165, 1.54) is 0 Å². The number of carbonyl (C=O) groups is 1. The van der Waals surface area contributed by atoms with Crippen molar-refractivity contribution in [1.29, 1.82) is 0 Å². The molecule has 0 saturated heterocycles. The van der Waals surface area contributed by atoms with Crippen LogP contribution in [0.15, 0.2) is 30.3 Å². The summed E-state index contributed by atoms with van der Waals surface area (Å²) in [6.45, 7) is 4.00. The SMILES string of the molecule is CC.O=C(NC1CC1)c1ccccc1.[HH]. The lowest BCUT2D eigenvalue weighted by Crippen LogP contribution is -2.25. The average molecular weight is 193 g/mol. The van der Waals surface area contributed by atoms with Crippen LogP contribution < -0.4 is 5.32 Å². The van der Waals surface area contributed by atoms with Crippen molar-refractivity contribution in [2.75, 3.05) is 0 Å². The molecule has 1 aromatic carbocycles. The van der Waals surface area contributed by atoms with Crippen LogP contribution in [0.3, 0.4) is 0 Å². The van der Waals surface area contributed by atoms with Crippen LogP contribution in [0, 0.1) is 0 Å². The lowest BCUT2D eigenvalue weighted by molar-refractivity contribution is 0.0951. The Balaban J connectivity index is 0.000000617. The van der Waals surface area contributed by atoms with Crippen molar-refractivity contribution in [3.8, 4) is 0 Å². The Kier molecular flexibility index (Phi) is 4.17. The molecule has 2 heteroatoms. The third kappa shape index (κ3) is 3.21. The molecule has 0 unspecified atom stereocenters. The maximum absolute atomic E-state index is 11.4. The molecule has 1 saturated carbocycles. The molecule has 1 aliphatic carbocycles. The Labute approximate surface area is 86.8 Å². The zero-order valence-electron chi connectivity index (χ0n) is 8.79. The summed E-state index contributed by atoms with van der Waals surface area (Å²) in [5.41, 5.74) is 0.754. The molecule has 1 amide bonds. The van der Waals surface area contributed by atoms with Crippen LogP contribution in [0.25, 0.3) is 0 Å². The molecule has 0 aliphatic heterocycles. The van der Waals surface area contributed by atoms with Gasteiger partial charge >= 0.3 is 0 Å². The molecular formula is C12H19NO. The predicted octanol–water partition coefficient (Wildman–Crippen LogP) is 2.85. The van der Waals surface area contributed by atoms with E-state index in [9.17, 15) is 4.79 Å². The first kappa shape index (κ1) is 10.8. The maximum atomic E-state index is 11.4. The molecule has 2 nitrogen and oxygen atoms in total. The molecule has 0 aromatic heterocycles. The molecule has 0 atom stereocenters. The molecule has 1 aliphatic rings. The highest BCUT2D eigenvalue weighted by atomic mass is 16.1. The van der Waals surface area contributed by atoms with Crippen molar-refractivity contribution >= 4 is 5.91 Å². The molecular weight excluding hydrogens is 174 g/mol. The standard InChI is InChI=1S/C10H11NO.C2H6.H2/c12-10(11-9-6-7-9)8-4-2-1-3-5-8;1-2;/h1-5,9H,6-7H2,(H,11,12);1-2H3;1H. The fraction of sp³-hybridized carbons (Fsp3) is 0.417. The number of hydrogen-bond donors (Lipinski definition) is 1.